The lowest BCUT2D eigenvalue weighted by atomic mass is 10.1. The number of hydrogen-bond acceptors (Lipinski definition) is 4. The summed E-state index contributed by atoms with van der Waals surface area (Å²) in [6, 6.07) is 13.1. The van der Waals surface area contributed by atoms with E-state index in [0.29, 0.717) is 23.7 Å². The fourth-order valence-corrected chi connectivity index (χ4v) is 3.20. The SMILES string of the molecule is CCc1ccc(N2CC(C(=O)Nc3ccc(OC)c(OC)c3)CC2=O)cc1. The predicted octanol–water partition coefficient (Wildman–Crippen LogP) is 3.26. The van der Waals surface area contributed by atoms with Crippen molar-refractivity contribution in [3.63, 3.8) is 0 Å². The monoisotopic (exact) mass is 368 g/mol. The molecule has 0 spiro atoms. The fourth-order valence-electron chi connectivity index (χ4n) is 3.20. The van der Waals surface area contributed by atoms with E-state index in [4.69, 9.17) is 9.47 Å². The van der Waals surface area contributed by atoms with E-state index in [-0.39, 0.29) is 18.2 Å². The number of methoxy groups -OCH3 is 2. The third kappa shape index (κ3) is 4.05. The van der Waals surface area contributed by atoms with Crippen LogP contribution < -0.4 is 19.7 Å². The van der Waals surface area contributed by atoms with E-state index in [9.17, 15) is 9.59 Å². The molecule has 1 atom stereocenters. The molecule has 142 valence electrons. The van der Waals surface area contributed by atoms with Crippen molar-refractivity contribution in [1.29, 1.82) is 0 Å². The van der Waals surface area contributed by atoms with Crippen molar-refractivity contribution in [1.82, 2.24) is 0 Å². The fraction of sp³-hybridized carbons (Fsp3) is 0.333. The Morgan fingerprint density at radius 2 is 1.81 bits per heavy atom. The smallest absolute Gasteiger partial charge is 0.229 e. The van der Waals surface area contributed by atoms with Crippen LogP contribution in [0.3, 0.4) is 0 Å². The maximum Gasteiger partial charge on any atom is 0.229 e. The second-order valence-electron chi connectivity index (χ2n) is 6.48. The number of ether oxygens (including phenoxy) is 2. The maximum atomic E-state index is 12.6. The Morgan fingerprint density at radius 3 is 2.44 bits per heavy atom. The molecule has 1 aliphatic rings. The summed E-state index contributed by atoms with van der Waals surface area (Å²) in [6.07, 6.45) is 1.15. The number of carbonyl (C=O) groups is 2. The molecular formula is C21H24N2O4. The van der Waals surface area contributed by atoms with Crippen LogP contribution in [0.2, 0.25) is 0 Å². The largest absolute Gasteiger partial charge is 0.493 e. The standard InChI is InChI=1S/C21H24N2O4/c1-4-14-5-8-17(9-6-14)23-13-15(11-20(23)24)21(25)22-16-7-10-18(26-2)19(12-16)27-3/h5-10,12,15H,4,11,13H2,1-3H3,(H,22,25). The number of carbonyl (C=O) groups excluding carboxylic acids is 2. The molecule has 1 N–H and O–H groups in total. The summed E-state index contributed by atoms with van der Waals surface area (Å²) in [5.74, 6) is 0.523. The van der Waals surface area contributed by atoms with Gasteiger partial charge in [0.15, 0.2) is 11.5 Å². The highest BCUT2D eigenvalue weighted by atomic mass is 16.5. The summed E-state index contributed by atoms with van der Waals surface area (Å²) in [4.78, 5) is 26.7. The zero-order chi connectivity index (χ0) is 19.4. The average molecular weight is 368 g/mol. The van der Waals surface area contributed by atoms with Gasteiger partial charge in [0.25, 0.3) is 0 Å². The van der Waals surface area contributed by atoms with Gasteiger partial charge in [-0.25, -0.2) is 0 Å². The Balaban J connectivity index is 1.68. The van der Waals surface area contributed by atoms with Crippen LogP contribution in [-0.4, -0.2) is 32.6 Å². The molecule has 0 radical (unpaired) electrons. The van der Waals surface area contributed by atoms with Gasteiger partial charge in [0, 0.05) is 30.4 Å². The number of benzene rings is 2. The van der Waals surface area contributed by atoms with Crippen molar-refractivity contribution in [3.8, 4) is 11.5 Å². The third-order valence-electron chi connectivity index (χ3n) is 4.80. The summed E-state index contributed by atoms with van der Waals surface area (Å²) in [5.41, 5.74) is 2.66. The molecule has 2 aromatic rings. The Labute approximate surface area is 159 Å². The number of rotatable bonds is 6. The highest BCUT2D eigenvalue weighted by Gasteiger charge is 2.35. The molecule has 1 fully saturated rings. The number of aryl methyl sites for hydroxylation is 1. The molecule has 27 heavy (non-hydrogen) atoms. The third-order valence-corrected chi connectivity index (χ3v) is 4.80. The summed E-state index contributed by atoms with van der Waals surface area (Å²) in [5, 5.41) is 2.87. The van der Waals surface area contributed by atoms with E-state index < -0.39 is 5.92 Å². The van der Waals surface area contributed by atoms with E-state index in [0.717, 1.165) is 12.1 Å². The molecule has 2 amide bonds. The van der Waals surface area contributed by atoms with Crippen LogP contribution in [0.5, 0.6) is 11.5 Å². The van der Waals surface area contributed by atoms with E-state index in [1.807, 2.05) is 24.3 Å². The number of nitrogens with zero attached hydrogens (tertiary/aromatic N) is 1. The van der Waals surface area contributed by atoms with Crippen LogP contribution in [0.4, 0.5) is 11.4 Å². The molecule has 0 aromatic heterocycles. The first kappa shape index (κ1) is 18.8. The quantitative estimate of drug-likeness (QED) is 0.850. The van der Waals surface area contributed by atoms with E-state index in [2.05, 4.69) is 12.2 Å². The van der Waals surface area contributed by atoms with Crippen LogP contribution in [-0.2, 0) is 16.0 Å². The molecule has 1 saturated heterocycles. The normalized spacial score (nSPS) is 16.3. The minimum atomic E-state index is -0.392. The van der Waals surface area contributed by atoms with Gasteiger partial charge >= 0.3 is 0 Å². The zero-order valence-electron chi connectivity index (χ0n) is 15.8. The van der Waals surface area contributed by atoms with Crippen molar-refractivity contribution < 1.29 is 19.1 Å². The first-order valence-corrected chi connectivity index (χ1v) is 8.98. The molecule has 2 aromatic carbocycles. The number of nitrogens with one attached hydrogen (secondary N) is 1. The molecule has 1 heterocycles. The van der Waals surface area contributed by atoms with Gasteiger partial charge in [0.05, 0.1) is 20.1 Å². The molecular weight excluding hydrogens is 344 g/mol. The minimum Gasteiger partial charge on any atom is -0.493 e. The van der Waals surface area contributed by atoms with Crippen molar-refractivity contribution in [2.75, 3.05) is 31.0 Å². The number of hydrogen-bond donors (Lipinski definition) is 1. The summed E-state index contributed by atoms with van der Waals surface area (Å²) in [6.45, 7) is 2.47. The van der Waals surface area contributed by atoms with Gasteiger partial charge in [-0.1, -0.05) is 19.1 Å². The van der Waals surface area contributed by atoms with Crippen molar-refractivity contribution in [3.05, 3.63) is 48.0 Å². The van der Waals surface area contributed by atoms with Crippen LogP contribution in [0.1, 0.15) is 18.9 Å². The Bertz CT molecular complexity index is 833. The maximum absolute atomic E-state index is 12.6. The Hall–Kier alpha value is -3.02. The molecule has 0 bridgehead atoms. The lowest BCUT2D eigenvalue weighted by Crippen LogP contribution is -2.28. The van der Waals surface area contributed by atoms with Gasteiger partial charge in [-0.3, -0.25) is 9.59 Å². The molecule has 6 heteroatoms. The van der Waals surface area contributed by atoms with Crippen LogP contribution in [0, 0.1) is 5.92 Å². The zero-order valence-corrected chi connectivity index (χ0v) is 15.8. The second kappa shape index (κ2) is 8.12. The van der Waals surface area contributed by atoms with E-state index >= 15 is 0 Å². The van der Waals surface area contributed by atoms with Gasteiger partial charge in [-0.05, 0) is 36.2 Å². The molecule has 6 nitrogen and oxygen atoms in total. The summed E-state index contributed by atoms with van der Waals surface area (Å²) >= 11 is 0. The van der Waals surface area contributed by atoms with Gasteiger partial charge in [0.1, 0.15) is 0 Å². The summed E-state index contributed by atoms with van der Waals surface area (Å²) in [7, 11) is 3.10. The van der Waals surface area contributed by atoms with Crippen LogP contribution >= 0.6 is 0 Å². The van der Waals surface area contributed by atoms with E-state index in [1.165, 1.54) is 5.56 Å². The molecule has 0 saturated carbocycles. The van der Waals surface area contributed by atoms with Crippen molar-refractivity contribution in [2.24, 2.45) is 5.92 Å². The Morgan fingerprint density at radius 1 is 1.11 bits per heavy atom. The van der Waals surface area contributed by atoms with Gasteiger partial charge in [0.2, 0.25) is 11.8 Å². The van der Waals surface area contributed by atoms with E-state index in [1.54, 1.807) is 37.3 Å². The summed E-state index contributed by atoms with van der Waals surface area (Å²) < 4.78 is 10.5. The number of anilines is 2. The van der Waals surface area contributed by atoms with Crippen molar-refractivity contribution in [2.45, 2.75) is 19.8 Å². The van der Waals surface area contributed by atoms with Gasteiger partial charge in [-0.2, -0.15) is 0 Å². The average Bonchev–Trinajstić information content (AvgIpc) is 3.09. The number of amides is 2. The molecule has 3 rings (SSSR count). The molecule has 0 aliphatic carbocycles. The molecule has 1 aliphatic heterocycles. The minimum absolute atomic E-state index is 0.0355. The lowest BCUT2D eigenvalue weighted by molar-refractivity contribution is -0.122. The first-order chi connectivity index (χ1) is 13.0. The Kier molecular flexibility index (Phi) is 5.64. The van der Waals surface area contributed by atoms with Crippen molar-refractivity contribution >= 4 is 23.2 Å². The van der Waals surface area contributed by atoms with Crippen LogP contribution in [0.15, 0.2) is 42.5 Å². The van der Waals surface area contributed by atoms with Gasteiger partial charge in [-0.15, -0.1) is 0 Å². The highest BCUT2D eigenvalue weighted by molar-refractivity contribution is 6.03. The predicted molar refractivity (Wildman–Crippen MR) is 104 cm³/mol. The second-order valence-corrected chi connectivity index (χ2v) is 6.48. The topological polar surface area (TPSA) is 67.9 Å². The van der Waals surface area contributed by atoms with Gasteiger partial charge < -0.3 is 19.7 Å². The van der Waals surface area contributed by atoms with Crippen LogP contribution in [0.25, 0.3) is 0 Å². The first-order valence-electron chi connectivity index (χ1n) is 8.98. The molecule has 1 unspecified atom stereocenters. The highest BCUT2D eigenvalue weighted by Crippen LogP contribution is 2.31. The lowest BCUT2D eigenvalue weighted by Gasteiger charge is -2.17.